The maximum Gasteiger partial charge on any atom is 0.332 e. The molecule has 2 aromatic carbocycles. The second kappa shape index (κ2) is 7.92. The smallest absolute Gasteiger partial charge is 0.332 e. The van der Waals surface area contributed by atoms with Crippen LogP contribution in [0.5, 0.6) is 0 Å². The van der Waals surface area contributed by atoms with Gasteiger partial charge in [0.05, 0.1) is 5.02 Å². The van der Waals surface area contributed by atoms with Gasteiger partial charge in [-0.25, -0.2) is 10.2 Å². The summed E-state index contributed by atoms with van der Waals surface area (Å²) in [4.78, 5) is 10.9. The van der Waals surface area contributed by atoms with Crippen molar-refractivity contribution in [3.63, 3.8) is 0 Å². The van der Waals surface area contributed by atoms with E-state index in [4.69, 9.17) is 40.5 Å². The number of carbonyl (C=O) groups excluding carboxylic acids is 1. The fourth-order valence-corrected chi connectivity index (χ4v) is 5.60. The van der Waals surface area contributed by atoms with Gasteiger partial charge in [-0.1, -0.05) is 41.4 Å². The van der Waals surface area contributed by atoms with Gasteiger partial charge in [-0.3, -0.25) is 0 Å². The van der Waals surface area contributed by atoms with E-state index in [1.54, 1.807) is 24.0 Å². The highest BCUT2D eigenvalue weighted by Crippen LogP contribution is 2.54. The van der Waals surface area contributed by atoms with Crippen molar-refractivity contribution in [2.24, 2.45) is 16.8 Å². The Morgan fingerprint density at radius 1 is 1.30 bits per heavy atom. The van der Waals surface area contributed by atoms with Crippen LogP contribution in [0, 0.1) is 19.8 Å². The molecule has 2 unspecified atom stereocenters. The molecule has 3 N–H and O–H groups in total. The number of primary amides is 1. The van der Waals surface area contributed by atoms with Gasteiger partial charge in [-0.05, 0) is 48.2 Å². The Labute approximate surface area is 177 Å². The molecule has 8 heteroatoms. The Kier molecular flexibility index (Phi) is 5.96. The van der Waals surface area contributed by atoms with Crippen LogP contribution in [0.2, 0.25) is 10.0 Å². The van der Waals surface area contributed by atoms with Crippen LogP contribution in [-0.4, -0.2) is 18.0 Å². The average Bonchev–Trinajstić information content (AvgIpc) is 2.59. The van der Waals surface area contributed by atoms with Crippen LogP contribution >= 0.6 is 46.6 Å². The summed E-state index contributed by atoms with van der Waals surface area (Å²) >= 11 is 21.6. The molecule has 0 aliphatic carbocycles. The summed E-state index contributed by atoms with van der Waals surface area (Å²) in [6, 6.07) is 8.95. The number of nitrogens with one attached hydrogen (secondary N) is 1. The van der Waals surface area contributed by atoms with Crippen molar-refractivity contribution in [2.75, 3.05) is 5.75 Å². The summed E-state index contributed by atoms with van der Waals surface area (Å²) in [7, 11) is 0. The number of hydrazone groups is 1. The van der Waals surface area contributed by atoms with E-state index in [-0.39, 0.29) is 5.92 Å². The molecular weight excluding hydrogens is 425 g/mol. The maximum absolute atomic E-state index is 11.0. The Morgan fingerprint density at radius 2 is 2.04 bits per heavy atom. The van der Waals surface area contributed by atoms with Crippen LogP contribution in [0.15, 0.2) is 40.3 Å². The van der Waals surface area contributed by atoms with Crippen LogP contribution in [0.3, 0.4) is 0 Å². The molecule has 1 aliphatic rings. The van der Waals surface area contributed by atoms with Crippen LogP contribution in [0.25, 0.3) is 0 Å². The first-order valence-corrected chi connectivity index (χ1v) is 10.3. The lowest BCUT2D eigenvalue weighted by Crippen LogP contribution is -2.38. The number of aryl methyl sites for hydroxylation is 2. The molecule has 2 aromatic rings. The fraction of sp³-hybridized carbons (Fsp3) is 0.263. The molecule has 0 bridgehead atoms. The number of rotatable bonds is 3. The van der Waals surface area contributed by atoms with Gasteiger partial charge in [-0.2, -0.15) is 5.10 Å². The molecular formula is C19H18Cl3N3OS. The Balaban J connectivity index is 2.20. The van der Waals surface area contributed by atoms with Crippen molar-refractivity contribution < 1.29 is 4.79 Å². The standard InChI is InChI=1S/C19H18Cl3N3OS/c1-10-3-4-12(5-11(10)2)19(22)13(8-24-25-18(23)26)9-27-17-15(19)6-14(20)7-16(17)21/h3-8,13H,9H2,1-2H3,(H3,23,25,26). The van der Waals surface area contributed by atoms with Crippen molar-refractivity contribution >= 4 is 58.8 Å². The molecule has 27 heavy (non-hydrogen) atoms. The van der Waals surface area contributed by atoms with E-state index in [2.05, 4.69) is 16.6 Å². The second-order valence-electron chi connectivity index (χ2n) is 6.45. The first-order valence-electron chi connectivity index (χ1n) is 8.21. The summed E-state index contributed by atoms with van der Waals surface area (Å²) in [5.74, 6) is 0.412. The number of hydrogen-bond donors (Lipinski definition) is 2. The van der Waals surface area contributed by atoms with E-state index in [0.29, 0.717) is 15.8 Å². The van der Waals surface area contributed by atoms with E-state index in [1.165, 1.54) is 5.56 Å². The number of nitrogens with zero attached hydrogens (tertiary/aromatic N) is 1. The molecule has 2 amide bonds. The van der Waals surface area contributed by atoms with Crippen LogP contribution in [0.4, 0.5) is 4.79 Å². The number of urea groups is 1. The molecule has 0 saturated heterocycles. The van der Waals surface area contributed by atoms with E-state index < -0.39 is 10.9 Å². The zero-order valence-corrected chi connectivity index (χ0v) is 17.8. The quantitative estimate of drug-likeness (QED) is 0.376. The van der Waals surface area contributed by atoms with Crippen LogP contribution in [-0.2, 0) is 4.87 Å². The first kappa shape index (κ1) is 20.3. The third-order valence-electron chi connectivity index (χ3n) is 4.67. The number of thioether (sulfide) groups is 1. The summed E-state index contributed by atoms with van der Waals surface area (Å²) in [5, 5.41) is 5.05. The summed E-state index contributed by atoms with van der Waals surface area (Å²) in [5.41, 5.74) is 11.4. The molecule has 3 rings (SSSR count). The molecule has 1 heterocycles. The highest BCUT2D eigenvalue weighted by Gasteiger charge is 2.45. The average molecular weight is 443 g/mol. The first-order chi connectivity index (χ1) is 12.7. The maximum atomic E-state index is 11.0. The van der Waals surface area contributed by atoms with Gasteiger partial charge in [0, 0.05) is 27.8 Å². The third kappa shape index (κ3) is 3.92. The van der Waals surface area contributed by atoms with Crippen LogP contribution < -0.4 is 11.2 Å². The van der Waals surface area contributed by atoms with Crippen molar-refractivity contribution in [3.05, 3.63) is 62.6 Å². The minimum Gasteiger partial charge on any atom is -0.350 e. The third-order valence-corrected chi connectivity index (χ3v) is 7.26. The molecule has 1 aliphatic heterocycles. The van der Waals surface area contributed by atoms with E-state index >= 15 is 0 Å². The predicted octanol–water partition coefficient (Wildman–Crippen LogP) is 5.47. The summed E-state index contributed by atoms with van der Waals surface area (Å²) < 4.78 is 0. The van der Waals surface area contributed by atoms with Gasteiger partial charge in [0.2, 0.25) is 0 Å². The molecule has 0 radical (unpaired) electrons. The lowest BCUT2D eigenvalue weighted by molar-refractivity contribution is 0.249. The van der Waals surface area contributed by atoms with Gasteiger partial charge in [0.15, 0.2) is 0 Å². The Bertz CT molecular complexity index is 935. The van der Waals surface area contributed by atoms with E-state index in [9.17, 15) is 4.79 Å². The molecule has 0 saturated carbocycles. The number of hydrogen-bond acceptors (Lipinski definition) is 3. The number of benzene rings is 2. The van der Waals surface area contributed by atoms with Gasteiger partial charge >= 0.3 is 6.03 Å². The van der Waals surface area contributed by atoms with Crippen molar-refractivity contribution in [3.8, 4) is 0 Å². The second-order valence-corrected chi connectivity index (χ2v) is 8.92. The Morgan fingerprint density at radius 3 is 2.70 bits per heavy atom. The highest BCUT2D eigenvalue weighted by molar-refractivity contribution is 7.99. The van der Waals surface area contributed by atoms with Crippen molar-refractivity contribution in [1.82, 2.24) is 5.43 Å². The lowest BCUT2D eigenvalue weighted by Gasteiger charge is -2.40. The molecule has 4 nitrogen and oxygen atoms in total. The van der Waals surface area contributed by atoms with Gasteiger partial charge in [0.25, 0.3) is 0 Å². The predicted molar refractivity (Wildman–Crippen MR) is 114 cm³/mol. The van der Waals surface area contributed by atoms with Gasteiger partial charge < -0.3 is 5.73 Å². The zero-order chi connectivity index (χ0) is 19.8. The van der Waals surface area contributed by atoms with E-state index in [0.717, 1.165) is 21.6 Å². The minimum atomic E-state index is -0.934. The number of nitrogens with two attached hydrogens (primary N) is 1. The number of fused-ring (bicyclic) bond motifs is 1. The van der Waals surface area contributed by atoms with Crippen molar-refractivity contribution in [2.45, 2.75) is 23.6 Å². The molecule has 0 aromatic heterocycles. The number of carbonyl (C=O) groups is 1. The van der Waals surface area contributed by atoms with Gasteiger partial charge in [0.1, 0.15) is 4.87 Å². The van der Waals surface area contributed by atoms with Crippen molar-refractivity contribution in [1.29, 1.82) is 0 Å². The molecule has 0 spiro atoms. The highest BCUT2D eigenvalue weighted by atomic mass is 35.5. The number of halogens is 3. The summed E-state index contributed by atoms with van der Waals surface area (Å²) in [6.45, 7) is 4.09. The van der Waals surface area contributed by atoms with Gasteiger partial charge in [-0.15, -0.1) is 23.4 Å². The Hall–Kier alpha value is -1.40. The molecule has 142 valence electrons. The fourth-order valence-electron chi connectivity index (χ4n) is 3.14. The normalized spacial score (nSPS) is 21.9. The molecule has 2 atom stereocenters. The summed E-state index contributed by atoms with van der Waals surface area (Å²) in [6.07, 6.45) is 1.62. The molecule has 0 fully saturated rings. The largest absolute Gasteiger partial charge is 0.350 e. The lowest BCUT2D eigenvalue weighted by atomic mass is 9.79. The van der Waals surface area contributed by atoms with Crippen LogP contribution in [0.1, 0.15) is 22.3 Å². The number of amides is 2. The topological polar surface area (TPSA) is 67.5 Å². The number of alkyl halides is 1. The zero-order valence-electron chi connectivity index (χ0n) is 14.7. The monoisotopic (exact) mass is 441 g/mol. The SMILES string of the molecule is Cc1ccc(C2(Cl)c3cc(Cl)cc(Cl)c3SCC2C=NNC(N)=O)cc1C. The van der Waals surface area contributed by atoms with E-state index in [1.807, 2.05) is 32.0 Å². The minimum absolute atomic E-state index is 0.222.